The molecule has 0 fully saturated rings. The van der Waals surface area contributed by atoms with Gasteiger partial charge in [-0.15, -0.1) is 11.3 Å². The molecule has 0 unspecified atom stereocenters. The molecule has 0 bridgehead atoms. The smallest absolute Gasteiger partial charge is 0.272 e. The molecule has 2 rings (SSSR count). The maximum Gasteiger partial charge on any atom is 0.272 e. The Morgan fingerprint density at radius 3 is 2.84 bits per heavy atom. The second-order valence-corrected chi connectivity index (χ2v) is 5.30. The topological polar surface area (TPSA) is 93.8 Å². The number of nitrogens with one attached hydrogen (secondary N) is 1. The Morgan fingerprint density at radius 1 is 1.42 bits per heavy atom. The highest BCUT2D eigenvalue weighted by atomic mass is 35.5. The molecule has 0 saturated carbocycles. The summed E-state index contributed by atoms with van der Waals surface area (Å²) in [7, 11) is 0. The van der Waals surface area contributed by atoms with Gasteiger partial charge in [0.1, 0.15) is 10.2 Å². The van der Waals surface area contributed by atoms with Crippen molar-refractivity contribution in [2.24, 2.45) is 5.73 Å². The predicted molar refractivity (Wildman–Crippen MR) is 73.1 cm³/mol. The Kier molecular flexibility index (Phi) is 4.78. The highest BCUT2D eigenvalue weighted by Gasteiger charge is 2.16. The van der Waals surface area contributed by atoms with Crippen molar-refractivity contribution in [1.82, 2.24) is 20.3 Å². The van der Waals surface area contributed by atoms with Crippen molar-refractivity contribution in [2.45, 2.75) is 13.0 Å². The zero-order chi connectivity index (χ0) is 13.7. The Morgan fingerprint density at radius 2 is 2.16 bits per heavy atom. The molecular formula is C11H12ClN5OS. The number of hydrogen-bond donors (Lipinski definition) is 2. The summed E-state index contributed by atoms with van der Waals surface area (Å²) < 4.78 is 0.370. The quantitative estimate of drug-likeness (QED) is 0.859. The first kappa shape index (κ1) is 13.9. The van der Waals surface area contributed by atoms with Crippen LogP contribution in [0.3, 0.4) is 0 Å². The van der Waals surface area contributed by atoms with Crippen molar-refractivity contribution in [1.29, 1.82) is 0 Å². The molecular weight excluding hydrogens is 286 g/mol. The first-order valence-electron chi connectivity index (χ1n) is 5.60. The number of halogens is 1. The van der Waals surface area contributed by atoms with Crippen molar-refractivity contribution < 1.29 is 4.79 Å². The van der Waals surface area contributed by atoms with E-state index in [9.17, 15) is 4.79 Å². The van der Waals surface area contributed by atoms with Crippen molar-refractivity contribution in [3.8, 4) is 0 Å². The van der Waals surface area contributed by atoms with Gasteiger partial charge in [-0.05, 0) is 12.6 Å². The van der Waals surface area contributed by atoms with Gasteiger partial charge >= 0.3 is 0 Å². The largest absolute Gasteiger partial charge is 0.343 e. The molecule has 0 aromatic carbocycles. The molecule has 6 nitrogen and oxygen atoms in total. The fourth-order valence-corrected chi connectivity index (χ4v) is 2.57. The minimum atomic E-state index is -0.336. The Labute approximate surface area is 119 Å². The minimum Gasteiger partial charge on any atom is -0.343 e. The molecule has 3 N–H and O–H groups in total. The van der Waals surface area contributed by atoms with Gasteiger partial charge in [0.25, 0.3) is 5.91 Å². The molecule has 0 radical (unpaired) electrons. The molecule has 19 heavy (non-hydrogen) atoms. The van der Waals surface area contributed by atoms with Gasteiger partial charge in [0, 0.05) is 18.8 Å². The maximum absolute atomic E-state index is 11.9. The van der Waals surface area contributed by atoms with Crippen LogP contribution in [0.5, 0.6) is 0 Å². The lowest BCUT2D eigenvalue weighted by atomic mass is 10.4. The van der Waals surface area contributed by atoms with Crippen LogP contribution in [0, 0.1) is 0 Å². The summed E-state index contributed by atoms with van der Waals surface area (Å²) in [4.78, 5) is 24.1. The van der Waals surface area contributed by atoms with E-state index in [1.165, 1.54) is 11.3 Å². The van der Waals surface area contributed by atoms with Gasteiger partial charge in [0.2, 0.25) is 0 Å². The van der Waals surface area contributed by atoms with Crippen LogP contribution in [0.15, 0.2) is 18.5 Å². The van der Waals surface area contributed by atoms with E-state index in [2.05, 4.69) is 20.3 Å². The molecule has 8 heteroatoms. The number of amides is 1. The van der Waals surface area contributed by atoms with Crippen LogP contribution in [0.25, 0.3) is 0 Å². The lowest BCUT2D eigenvalue weighted by Gasteiger charge is -2.01. The van der Waals surface area contributed by atoms with Crippen molar-refractivity contribution >= 4 is 28.8 Å². The van der Waals surface area contributed by atoms with Crippen LogP contribution in [0.1, 0.15) is 21.3 Å². The summed E-state index contributed by atoms with van der Waals surface area (Å²) in [6.45, 7) is 0.711. The fraction of sp³-hybridized carbons (Fsp3) is 0.273. The number of carbonyl (C=O) groups is 1. The van der Waals surface area contributed by atoms with Gasteiger partial charge in [-0.3, -0.25) is 4.79 Å². The van der Waals surface area contributed by atoms with E-state index in [1.54, 1.807) is 18.5 Å². The average molecular weight is 298 g/mol. The summed E-state index contributed by atoms with van der Waals surface area (Å²) >= 11 is 7.25. The van der Waals surface area contributed by atoms with Gasteiger partial charge in [-0.1, -0.05) is 11.6 Å². The van der Waals surface area contributed by atoms with Gasteiger partial charge < -0.3 is 11.1 Å². The van der Waals surface area contributed by atoms with Gasteiger partial charge in [0.15, 0.2) is 5.69 Å². The summed E-state index contributed by atoms with van der Waals surface area (Å²) in [5.74, 6) is 0.196. The van der Waals surface area contributed by atoms with Crippen LogP contribution in [0.4, 0.5) is 0 Å². The van der Waals surface area contributed by atoms with Crippen LogP contribution in [-0.2, 0) is 13.0 Å². The summed E-state index contributed by atoms with van der Waals surface area (Å²) in [5.41, 5.74) is 5.66. The Balaban J connectivity index is 2.00. The third-order valence-corrected chi connectivity index (χ3v) is 3.54. The zero-order valence-corrected chi connectivity index (χ0v) is 11.5. The molecule has 0 atom stereocenters. The lowest BCUT2D eigenvalue weighted by molar-refractivity contribution is 0.0945. The minimum absolute atomic E-state index is 0.228. The molecule has 0 aliphatic heterocycles. The van der Waals surface area contributed by atoms with Crippen LogP contribution in [0.2, 0.25) is 4.34 Å². The molecule has 1 amide bonds. The summed E-state index contributed by atoms with van der Waals surface area (Å²) in [6, 6.07) is 1.71. The highest BCUT2D eigenvalue weighted by Crippen LogP contribution is 2.24. The first-order chi connectivity index (χ1) is 9.20. The number of thiazole rings is 1. The lowest BCUT2D eigenvalue weighted by Crippen LogP contribution is -2.24. The van der Waals surface area contributed by atoms with E-state index >= 15 is 0 Å². The van der Waals surface area contributed by atoms with E-state index in [1.807, 2.05) is 0 Å². The standard InChI is InChI=1S/C11H12ClN5OS/c12-10-9(17-8(19-10)2-3-13)11(18)16-6-7-14-4-1-5-15-7/h1,4-5H,2-3,6,13H2,(H,16,18). The number of carbonyl (C=O) groups excluding carboxylic acids is 1. The zero-order valence-electron chi connectivity index (χ0n) is 9.97. The van der Waals surface area contributed by atoms with E-state index < -0.39 is 0 Å². The number of nitrogens with zero attached hydrogens (tertiary/aromatic N) is 3. The summed E-state index contributed by atoms with van der Waals surface area (Å²) in [6.07, 6.45) is 3.84. The first-order valence-corrected chi connectivity index (χ1v) is 6.79. The molecule has 100 valence electrons. The van der Waals surface area contributed by atoms with E-state index in [0.29, 0.717) is 23.1 Å². The van der Waals surface area contributed by atoms with Gasteiger partial charge in [-0.25, -0.2) is 15.0 Å². The molecule has 0 saturated heterocycles. The Bertz CT molecular complexity index is 559. The molecule has 0 aliphatic rings. The maximum atomic E-state index is 11.9. The van der Waals surface area contributed by atoms with Gasteiger partial charge in [-0.2, -0.15) is 0 Å². The molecule has 2 aromatic rings. The molecule has 2 aromatic heterocycles. The molecule has 2 heterocycles. The number of nitrogens with two attached hydrogens (primary N) is 1. The second-order valence-electron chi connectivity index (χ2n) is 3.62. The van der Waals surface area contributed by atoms with E-state index in [0.717, 1.165) is 5.01 Å². The van der Waals surface area contributed by atoms with Crippen molar-refractivity contribution in [3.63, 3.8) is 0 Å². The van der Waals surface area contributed by atoms with Gasteiger partial charge in [0.05, 0.1) is 11.6 Å². The fourth-order valence-electron chi connectivity index (χ4n) is 1.38. The molecule has 0 aliphatic carbocycles. The Hall–Kier alpha value is -1.57. The SMILES string of the molecule is NCCc1nc(C(=O)NCc2ncccn2)c(Cl)s1. The van der Waals surface area contributed by atoms with Crippen LogP contribution in [-0.4, -0.2) is 27.4 Å². The van der Waals surface area contributed by atoms with Crippen molar-refractivity contribution in [2.75, 3.05) is 6.54 Å². The van der Waals surface area contributed by atoms with E-state index in [4.69, 9.17) is 17.3 Å². The summed E-state index contributed by atoms with van der Waals surface area (Å²) in [5, 5.41) is 3.43. The monoisotopic (exact) mass is 297 g/mol. The second kappa shape index (κ2) is 6.55. The predicted octanol–water partition coefficient (Wildman–Crippen LogP) is 1.02. The number of aromatic nitrogens is 3. The van der Waals surface area contributed by atoms with Crippen molar-refractivity contribution in [3.05, 3.63) is 39.3 Å². The number of rotatable bonds is 5. The normalized spacial score (nSPS) is 10.4. The third-order valence-electron chi connectivity index (χ3n) is 2.23. The third kappa shape index (κ3) is 3.69. The number of hydrogen-bond acceptors (Lipinski definition) is 6. The average Bonchev–Trinajstić information content (AvgIpc) is 2.79. The van der Waals surface area contributed by atoms with E-state index in [-0.39, 0.29) is 18.1 Å². The molecule has 0 spiro atoms. The van der Waals surface area contributed by atoms with Crippen LogP contribution < -0.4 is 11.1 Å². The highest BCUT2D eigenvalue weighted by molar-refractivity contribution is 7.16. The van der Waals surface area contributed by atoms with Crippen LogP contribution >= 0.6 is 22.9 Å².